The quantitative estimate of drug-likeness (QED) is 0.206. The average molecular weight is 575 g/mol. The van der Waals surface area contributed by atoms with Gasteiger partial charge in [-0.2, -0.15) is 0 Å². The van der Waals surface area contributed by atoms with Gasteiger partial charge in [0, 0.05) is 32.9 Å². The second-order valence-electron chi connectivity index (χ2n) is 11.7. The Kier molecular flexibility index (Phi) is 4.96. The molecule has 0 saturated heterocycles. The molecule has 0 aliphatic rings. The first-order valence-corrected chi connectivity index (χ1v) is 15.3. The molecule has 45 heavy (non-hydrogen) atoms. The summed E-state index contributed by atoms with van der Waals surface area (Å²) in [4.78, 5) is 5.33. The Labute approximate surface area is 258 Å². The van der Waals surface area contributed by atoms with Crippen molar-refractivity contribution in [3.05, 3.63) is 158 Å². The van der Waals surface area contributed by atoms with E-state index in [4.69, 9.17) is 4.98 Å². The third kappa shape index (κ3) is 3.45. The molecule has 4 nitrogen and oxygen atoms in total. The van der Waals surface area contributed by atoms with Crippen molar-refractivity contribution in [2.75, 3.05) is 0 Å². The summed E-state index contributed by atoms with van der Waals surface area (Å²) in [6.45, 7) is 0. The Hall–Kier alpha value is -6.13. The maximum absolute atomic E-state index is 5.33. The van der Waals surface area contributed by atoms with Crippen LogP contribution in [-0.4, -0.2) is 18.7 Å². The van der Waals surface area contributed by atoms with Crippen LogP contribution in [0.25, 0.3) is 82.7 Å². The summed E-state index contributed by atoms with van der Waals surface area (Å²) in [5.74, 6) is 0.879. The molecule has 0 N–H and O–H groups in total. The van der Waals surface area contributed by atoms with E-state index in [0.717, 1.165) is 39.4 Å². The predicted octanol–water partition coefficient (Wildman–Crippen LogP) is 10.4. The highest BCUT2D eigenvalue weighted by Crippen LogP contribution is 2.41. The SMILES string of the molecule is c1ccc(-n2c(-n3c4cc5ccccc5cc4c4cc5c(cc43)c3ccccc3n5-c3ccccc3)nc3ccccc32)cc1. The van der Waals surface area contributed by atoms with Crippen LogP contribution in [0.4, 0.5) is 0 Å². The van der Waals surface area contributed by atoms with Crippen LogP contribution >= 0.6 is 0 Å². The standard InChI is InChI=1S/C41H26N4/c1-3-15-29(16-4-1)43-36-21-11-9-19-31(36)33-25-40-34(26-39(33)43)32-23-27-13-7-8-14-28(27)24-38(32)45(40)41-42-35-20-10-12-22-37(35)44(41)30-17-5-2-6-18-30/h1-26H. The summed E-state index contributed by atoms with van der Waals surface area (Å²) in [6, 6.07) is 56.5. The smallest absolute Gasteiger partial charge is 0.220 e. The number of para-hydroxylation sites is 5. The second-order valence-corrected chi connectivity index (χ2v) is 11.7. The normalized spacial score (nSPS) is 12.0. The number of hydrogen-bond donors (Lipinski definition) is 0. The Morgan fingerprint density at radius 3 is 1.60 bits per heavy atom. The maximum Gasteiger partial charge on any atom is 0.220 e. The number of rotatable bonds is 3. The first-order valence-electron chi connectivity index (χ1n) is 15.3. The fourth-order valence-electron chi connectivity index (χ4n) is 7.23. The molecular weight excluding hydrogens is 548 g/mol. The van der Waals surface area contributed by atoms with Crippen LogP contribution in [0.3, 0.4) is 0 Å². The first-order chi connectivity index (χ1) is 22.3. The van der Waals surface area contributed by atoms with Crippen LogP contribution < -0.4 is 0 Å². The highest BCUT2D eigenvalue weighted by atomic mass is 15.2. The zero-order chi connectivity index (χ0) is 29.5. The van der Waals surface area contributed by atoms with Crippen molar-refractivity contribution in [2.45, 2.75) is 0 Å². The third-order valence-corrected chi connectivity index (χ3v) is 9.20. The predicted molar refractivity (Wildman–Crippen MR) is 187 cm³/mol. The fourth-order valence-corrected chi connectivity index (χ4v) is 7.23. The van der Waals surface area contributed by atoms with Crippen molar-refractivity contribution in [2.24, 2.45) is 0 Å². The van der Waals surface area contributed by atoms with Crippen molar-refractivity contribution in [3.63, 3.8) is 0 Å². The summed E-state index contributed by atoms with van der Waals surface area (Å²) >= 11 is 0. The topological polar surface area (TPSA) is 27.7 Å². The molecule has 0 fully saturated rings. The molecule has 0 saturated carbocycles. The van der Waals surface area contributed by atoms with E-state index in [9.17, 15) is 0 Å². The van der Waals surface area contributed by atoms with Gasteiger partial charge < -0.3 is 4.57 Å². The summed E-state index contributed by atoms with van der Waals surface area (Å²) < 4.78 is 7.06. The van der Waals surface area contributed by atoms with Crippen molar-refractivity contribution in [3.8, 4) is 17.3 Å². The zero-order valence-corrected chi connectivity index (χ0v) is 24.3. The molecule has 3 aromatic heterocycles. The minimum Gasteiger partial charge on any atom is -0.309 e. The van der Waals surface area contributed by atoms with Crippen LogP contribution in [0.5, 0.6) is 0 Å². The van der Waals surface area contributed by atoms with Crippen LogP contribution in [0, 0.1) is 0 Å². The molecule has 7 aromatic carbocycles. The van der Waals surface area contributed by atoms with Gasteiger partial charge in [-0.1, -0.05) is 91.0 Å². The van der Waals surface area contributed by atoms with Gasteiger partial charge in [0.15, 0.2) is 0 Å². The Morgan fingerprint density at radius 2 is 0.844 bits per heavy atom. The van der Waals surface area contributed by atoms with Crippen LogP contribution in [-0.2, 0) is 0 Å². The third-order valence-electron chi connectivity index (χ3n) is 9.20. The number of fused-ring (bicyclic) bond motifs is 8. The zero-order valence-electron chi connectivity index (χ0n) is 24.3. The molecule has 10 rings (SSSR count). The lowest BCUT2D eigenvalue weighted by atomic mass is 10.1. The van der Waals surface area contributed by atoms with Crippen molar-refractivity contribution in [1.82, 2.24) is 18.7 Å². The van der Waals surface area contributed by atoms with Gasteiger partial charge in [0.1, 0.15) is 0 Å². The van der Waals surface area contributed by atoms with Gasteiger partial charge in [0.05, 0.1) is 33.1 Å². The highest BCUT2D eigenvalue weighted by Gasteiger charge is 2.22. The molecule has 0 radical (unpaired) electrons. The summed E-state index contributed by atoms with van der Waals surface area (Å²) in [5, 5.41) is 7.30. The van der Waals surface area contributed by atoms with E-state index in [2.05, 4.69) is 171 Å². The fraction of sp³-hybridized carbons (Fsp3) is 0. The monoisotopic (exact) mass is 574 g/mol. The van der Waals surface area contributed by atoms with Crippen LogP contribution in [0.1, 0.15) is 0 Å². The van der Waals surface area contributed by atoms with Crippen molar-refractivity contribution >= 4 is 65.4 Å². The van der Waals surface area contributed by atoms with E-state index in [0.29, 0.717) is 0 Å². The van der Waals surface area contributed by atoms with Crippen molar-refractivity contribution < 1.29 is 0 Å². The molecule has 0 aliphatic heterocycles. The van der Waals surface area contributed by atoms with Gasteiger partial charge >= 0.3 is 0 Å². The highest BCUT2D eigenvalue weighted by molar-refractivity contribution is 6.20. The molecule has 4 heteroatoms. The number of benzene rings is 7. The lowest BCUT2D eigenvalue weighted by Crippen LogP contribution is -2.05. The van der Waals surface area contributed by atoms with E-state index in [1.807, 2.05) is 0 Å². The molecule has 0 spiro atoms. The van der Waals surface area contributed by atoms with Gasteiger partial charge in [0.2, 0.25) is 5.95 Å². The van der Waals surface area contributed by atoms with Crippen LogP contribution in [0.2, 0.25) is 0 Å². The largest absolute Gasteiger partial charge is 0.309 e. The molecule has 0 bridgehead atoms. The van der Waals surface area contributed by atoms with Gasteiger partial charge in [0.25, 0.3) is 0 Å². The molecule has 0 atom stereocenters. The van der Waals surface area contributed by atoms with E-state index in [1.54, 1.807) is 0 Å². The lowest BCUT2D eigenvalue weighted by molar-refractivity contribution is 0.956. The number of hydrogen-bond acceptors (Lipinski definition) is 1. The summed E-state index contributed by atoms with van der Waals surface area (Å²) in [7, 11) is 0. The molecule has 3 heterocycles. The Bertz CT molecular complexity index is 2750. The minimum atomic E-state index is 0.879. The van der Waals surface area contributed by atoms with Gasteiger partial charge in [-0.15, -0.1) is 0 Å². The second kappa shape index (κ2) is 9.18. The summed E-state index contributed by atoms with van der Waals surface area (Å²) in [6.07, 6.45) is 0. The Balaban J connectivity index is 1.42. The molecule has 0 amide bonds. The average Bonchev–Trinajstić information content (AvgIpc) is 3.74. The molecule has 0 unspecified atom stereocenters. The first kappa shape index (κ1) is 24.3. The van der Waals surface area contributed by atoms with E-state index < -0.39 is 0 Å². The number of nitrogens with zero attached hydrogens (tertiary/aromatic N) is 4. The van der Waals surface area contributed by atoms with E-state index >= 15 is 0 Å². The van der Waals surface area contributed by atoms with Gasteiger partial charge in [-0.05, 0) is 77.5 Å². The Morgan fingerprint density at radius 1 is 0.333 bits per heavy atom. The van der Waals surface area contributed by atoms with E-state index in [1.165, 1.54) is 43.4 Å². The summed E-state index contributed by atoms with van der Waals surface area (Å²) in [5.41, 5.74) is 8.95. The van der Waals surface area contributed by atoms with Gasteiger partial charge in [-0.3, -0.25) is 9.13 Å². The molecular formula is C41H26N4. The molecule has 10 aromatic rings. The number of aromatic nitrogens is 4. The van der Waals surface area contributed by atoms with E-state index in [-0.39, 0.29) is 0 Å². The minimum absolute atomic E-state index is 0.879. The molecule has 0 aliphatic carbocycles. The lowest BCUT2D eigenvalue weighted by Gasteiger charge is -2.12. The number of imidazole rings is 1. The van der Waals surface area contributed by atoms with Gasteiger partial charge in [-0.25, -0.2) is 4.98 Å². The maximum atomic E-state index is 5.33. The molecule has 210 valence electrons. The van der Waals surface area contributed by atoms with Crippen molar-refractivity contribution in [1.29, 1.82) is 0 Å². The van der Waals surface area contributed by atoms with Crippen LogP contribution in [0.15, 0.2) is 158 Å².